The van der Waals surface area contributed by atoms with E-state index in [0.29, 0.717) is 30.2 Å². The summed E-state index contributed by atoms with van der Waals surface area (Å²) in [5, 5.41) is 2.96. The monoisotopic (exact) mass is 278 g/mol. The highest BCUT2D eigenvalue weighted by molar-refractivity contribution is 5.94. The molecule has 0 unspecified atom stereocenters. The van der Waals surface area contributed by atoms with Crippen LogP contribution in [0.5, 0.6) is 11.5 Å². The Kier molecular flexibility index (Phi) is 4.49. The molecule has 1 heterocycles. The second-order valence-corrected chi connectivity index (χ2v) is 5.81. The van der Waals surface area contributed by atoms with Crippen LogP contribution in [0, 0.1) is 5.41 Å². The first-order chi connectivity index (χ1) is 9.52. The van der Waals surface area contributed by atoms with E-state index in [1.54, 1.807) is 18.2 Å². The van der Waals surface area contributed by atoms with Crippen molar-refractivity contribution in [3.05, 3.63) is 23.8 Å². The average Bonchev–Trinajstić information content (AvgIpc) is 2.90. The fourth-order valence-corrected chi connectivity index (χ4v) is 2.13. The maximum Gasteiger partial charge on any atom is 0.251 e. The Balaban J connectivity index is 1.92. The largest absolute Gasteiger partial charge is 0.454 e. The molecule has 0 bridgehead atoms. The third-order valence-electron chi connectivity index (χ3n) is 3.42. The van der Waals surface area contributed by atoms with Gasteiger partial charge in [0, 0.05) is 12.1 Å². The van der Waals surface area contributed by atoms with Crippen LogP contribution in [0.1, 0.15) is 37.0 Å². The van der Waals surface area contributed by atoms with E-state index in [1.165, 1.54) is 0 Å². The third kappa shape index (κ3) is 3.63. The van der Waals surface area contributed by atoms with Crippen LogP contribution in [-0.4, -0.2) is 25.8 Å². The molecule has 0 fully saturated rings. The van der Waals surface area contributed by atoms with Crippen molar-refractivity contribution >= 4 is 5.91 Å². The normalized spacial score (nSPS) is 13.3. The molecule has 1 aliphatic rings. The summed E-state index contributed by atoms with van der Waals surface area (Å²) in [5.41, 5.74) is 6.16. The summed E-state index contributed by atoms with van der Waals surface area (Å²) >= 11 is 0. The average molecular weight is 278 g/mol. The van der Waals surface area contributed by atoms with Gasteiger partial charge in [0.2, 0.25) is 6.79 Å². The number of carbonyl (C=O) groups excluding carboxylic acids is 1. The van der Waals surface area contributed by atoms with Gasteiger partial charge in [-0.15, -0.1) is 0 Å². The molecule has 1 amide bonds. The number of ether oxygens (including phenoxy) is 2. The number of benzene rings is 1. The molecule has 20 heavy (non-hydrogen) atoms. The van der Waals surface area contributed by atoms with Crippen LogP contribution < -0.4 is 20.5 Å². The van der Waals surface area contributed by atoms with Gasteiger partial charge in [-0.2, -0.15) is 0 Å². The van der Waals surface area contributed by atoms with Crippen LogP contribution >= 0.6 is 0 Å². The van der Waals surface area contributed by atoms with Gasteiger partial charge >= 0.3 is 0 Å². The Labute approximate surface area is 119 Å². The van der Waals surface area contributed by atoms with Crippen LogP contribution in [0.15, 0.2) is 18.2 Å². The van der Waals surface area contributed by atoms with Gasteiger partial charge < -0.3 is 20.5 Å². The van der Waals surface area contributed by atoms with Gasteiger partial charge in [-0.05, 0) is 43.0 Å². The second-order valence-electron chi connectivity index (χ2n) is 5.81. The van der Waals surface area contributed by atoms with Crippen LogP contribution in [-0.2, 0) is 0 Å². The maximum atomic E-state index is 12.1. The van der Waals surface area contributed by atoms with Crippen molar-refractivity contribution < 1.29 is 14.3 Å². The van der Waals surface area contributed by atoms with Gasteiger partial charge in [0.25, 0.3) is 5.91 Å². The molecule has 0 saturated carbocycles. The highest BCUT2D eigenvalue weighted by atomic mass is 16.7. The van der Waals surface area contributed by atoms with Gasteiger partial charge in [-0.3, -0.25) is 4.79 Å². The molecule has 0 spiro atoms. The molecule has 1 aromatic carbocycles. The zero-order valence-corrected chi connectivity index (χ0v) is 12.1. The molecule has 1 aromatic rings. The van der Waals surface area contributed by atoms with Crippen LogP contribution in [0.25, 0.3) is 0 Å². The van der Waals surface area contributed by atoms with E-state index in [0.717, 1.165) is 12.8 Å². The highest BCUT2D eigenvalue weighted by Crippen LogP contribution is 2.32. The molecule has 0 radical (unpaired) electrons. The number of fused-ring (bicyclic) bond motifs is 1. The lowest BCUT2D eigenvalue weighted by atomic mass is 9.87. The van der Waals surface area contributed by atoms with Crippen molar-refractivity contribution in [2.45, 2.75) is 26.7 Å². The molecule has 0 atom stereocenters. The Hall–Kier alpha value is -1.75. The smallest absolute Gasteiger partial charge is 0.251 e. The zero-order valence-electron chi connectivity index (χ0n) is 12.1. The number of nitrogens with two attached hydrogens (primary N) is 1. The van der Waals surface area contributed by atoms with Crippen molar-refractivity contribution in [3.8, 4) is 11.5 Å². The Morgan fingerprint density at radius 3 is 2.85 bits per heavy atom. The van der Waals surface area contributed by atoms with Gasteiger partial charge in [-0.1, -0.05) is 13.8 Å². The van der Waals surface area contributed by atoms with Crippen molar-refractivity contribution in [2.75, 3.05) is 19.9 Å². The van der Waals surface area contributed by atoms with Crippen LogP contribution in [0.4, 0.5) is 0 Å². The van der Waals surface area contributed by atoms with E-state index in [-0.39, 0.29) is 18.1 Å². The minimum atomic E-state index is -0.0934. The van der Waals surface area contributed by atoms with Gasteiger partial charge in [0.15, 0.2) is 11.5 Å². The zero-order chi connectivity index (χ0) is 14.6. The molecule has 1 aliphatic heterocycles. The number of rotatable bonds is 6. The molecule has 5 nitrogen and oxygen atoms in total. The first-order valence-corrected chi connectivity index (χ1v) is 6.90. The quantitative estimate of drug-likeness (QED) is 0.833. The predicted octanol–water partition coefficient (Wildman–Crippen LogP) is 1.91. The van der Waals surface area contributed by atoms with E-state index in [1.807, 2.05) is 0 Å². The lowest BCUT2D eigenvalue weighted by Gasteiger charge is -2.24. The first kappa shape index (κ1) is 14.7. The Morgan fingerprint density at radius 1 is 1.35 bits per heavy atom. The lowest BCUT2D eigenvalue weighted by Crippen LogP contribution is -2.34. The SMILES string of the molecule is CC(C)(CCCN)CNC(=O)c1ccc2c(c1)OCO2. The van der Waals surface area contributed by atoms with E-state index < -0.39 is 0 Å². The molecule has 5 heteroatoms. The molecule has 3 N–H and O–H groups in total. The number of hydrogen-bond donors (Lipinski definition) is 2. The van der Waals surface area contributed by atoms with Crippen molar-refractivity contribution in [3.63, 3.8) is 0 Å². The number of amides is 1. The summed E-state index contributed by atoms with van der Waals surface area (Å²) < 4.78 is 10.5. The molecule has 110 valence electrons. The molecular weight excluding hydrogens is 256 g/mol. The van der Waals surface area contributed by atoms with Crippen LogP contribution in [0.3, 0.4) is 0 Å². The minimum Gasteiger partial charge on any atom is -0.454 e. The fourth-order valence-electron chi connectivity index (χ4n) is 2.13. The number of nitrogens with one attached hydrogen (secondary N) is 1. The second kappa shape index (κ2) is 6.13. The summed E-state index contributed by atoms with van der Waals surface area (Å²) in [6, 6.07) is 5.22. The molecule has 0 aliphatic carbocycles. The lowest BCUT2D eigenvalue weighted by molar-refractivity contribution is 0.0934. The van der Waals surface area contributed by atoms with Gasteiger partial charge in [0.1, 0.15) is 0 Å². The Morgan fingerprint density at radius 2 is 2.10 bits per heavy atom. The van der Waals surface area contributed by atoms with Gasteiger partial charge in [-0.25, -0.2) is 0 Å². The van der Waals surface area contributed by atoms with Crippen molar-refractivity contribution in [1.29, 1.82) is 0 Å². The first-order valence-electron chi connectivity index (χ1n) is 6.90. The number of hydrogen-bond acceptors (Lipinski definition) is 4. The topological polar surface area (TPSA) is 73.6 Å². The standard InChI is InChI=1S/C15H22N2O3/c1-15(2,6-3-7-16)9-17-14(18)11-4-5-12-13(8-11)20-10-19-12/h4-5,8H,3,6-7,9-10,16H2,1-2H3,(H,17,18). The van der Waals surface area contributed by atoms with Crippen molar-refractivity contribution in [1.82, 2.24) is 5.32 Å². The third-order valence-corrected chi connectivity index (χ3v) is 3.42. The molecule has 0 aromatic heterocycles. The van der Waals surface area contributed by atoms with E-state index in [4.69, 9.17) is 15.2 Å². The maximum absolute atomic E-state index is 12.1. The summed E-state index contributed by atoms with van der Waals surface area (Å²) in [6.45, 7) is 5.78. The number of carbonyl (C=O) groups is 1. The summed E-state index contributed by atoms with van der Waals surface area (Å²) in [6.07, 6.45) is 1.96. The fraction of sp³-hybridized carbons (Fsp3) is 0.533. The van der Waals surface area contributed by atoms with Gasteiger partial charge in [0.05, 0.1) is 0 Å². The Bertz CT molecular complexity index is 486. The predicted molar refractivity (Wildman–Crippen MR) is 77.0 cm³/mol. The molecule has 2 rings (SSSR count). The van der Waals surface area contributed by atoms with E-state index in [9.17, 15) is 4.79 Å². The van der Waals surface area contributed by atoms with E-state index in [2.05, 4.69) is 19.2 Å². The molecule has 0 saturated heterocycles. The molecular formula is C15H22N2O3. The summed E-state index contributed by atoms with van der Waals surface area (Å²) in [4.78, 5) is 12.1. The summed E-state index contributed by atoms with van der Waals surface area (Å²) in [5.74, 6) is 1.22. The van der Waals surface area contributed by atoms with Crippen LogP contribution in [0.2, 0.25) is 0 Å². The minimum absolute atomic E-state index is 0.0470. The van der Waals surface area contributed by atoms with E-state index >= 15 is 0 Å². The van der Waals surface area contributed by atoms with Crippen molar-refractivity contribution in [2.24, 2.45) is 11.1 Å². The highest BCUT2D eigenvalue weighted by Gasteiger charge is 2.20. The summed E-state index contributed by atoms with van der Waals surface area (Å²) in [7, 11) is 0.